The smallest absolute Gasteiger partial charge is 0.408 e. The molecule has 0 aromatic heterocycles. The Bertz CT molecular complexity index is 1250. The van der Waals surface area contributed by atoms with Crippen LogP contribution in [0, 0.1) is 17.3 Å². The van der Waals surface area contributed by atoms with Crippen molar-refractivity contribution in [2.75, 3.05) is 18.5 Å². The van der Waals surface area contributed by atoms with Crippen molar-refractivity contribution in [3.8, 4) is 11.9 Å². The van der Waals surface area contributed by atoms with Crippen molar-refractivity contribution in [3.05, 3.63) is 70.5 Å². The molecule has 1 aliphatic rings. The highest BCUT2D eigenvalue weighted by atomic mass is 35.5. The molecule has 2 N–H and O–H groups in total. The first kappa shape index (κ1) is 26.7. The number of amides is 1. The first-order valence-corrected chi connectivity index (χ1v) is 10.8. The molecule has 2 aromatic rings. The number of aliphatic imine (C=N–C) groups is 1. The van der Waals surface area contributed by atoms with Crippen molar-refractivity contribution in [1.29, 1.82) is 5.26 Å². The van der Waals surface area contributed by atoms with Crippen LogP contribution in [-0.2, 0) is 4.74 Å². The number of alkyl carbamates (subject to hydrolysis) is 1. The zero-order valence-corrected chi connectivity index (χ0v) is 19.7. The highest BCUT2D eigenvalue weighted by molar-refractivity contribution is 6.42. The van der Waals surface area contributed by atoms with Crippen molar-refractivity contribution < 1.29 is 27.4 Å². The molecule has 0 radical (unpaired) electrons. The summed E-state index contributed by atoms with van der Waals surface area (Å²) < 4.78 is 48.3. The highest BCUT2D eigenvalue weighted by Gasteiger charge is 2.32. The molecule has 0 fully saturated rings. The third kappa shape index (κ3) is 7.03. The van der Waals surface area contributed by atoms with Crippen molar-refractivity contribution >= 4 is 46.7 Å². The van der Waals surface area contributed by atoms with E-state index in [2.05, 4.69) is 32.0 Å². The van der Waals surface area contributed by atoms with Crippen LogP contribution >= 0.6 is 23.2 Å². The Balaban J connectivity index is 1.93. The lowest BCUT2D eigenvalue weighted by atomic mass is 10.0. The monoisotopic (exact) mass is 540 g/mol. The van der Waals surface area contributed by atoms with Gasteiger partial charge in [-0.05, 0) is 18.2 Å². The van der Waals surface area contributed by atoms with Crippen LogP contribution in [0.4, 0.5) is 23.7 Å². The van der Waals surface area contributed by atoms with Crippen molar-refractivity contribution in [1.82, 2.24) is 10.3 Å². The minimum Gasteiger partial charge on any atom is -0.445 e. The van der Waals surface area contributed by atoms with Gasteiger partial charge in [0.15, 0.2) is 0 Å². The fourth-order valence-electron chi connectivity index (χ4n) is 3.11. The van der Waals surface area contributed by atoms with Crippen molar-refractivity contribution in [2.45, 2.75) is 12.7 Å². The number of ether oxygens (including phenoxy) is 2. The molecule has 1 heterocycles. The standard InChI is InChI=1S/C22H17Cl2F3N6O3/c1-2-5-35-22(34)31-18-10-33(32-19(18)12-3-4-16(23)17(24)6-12)21(29-11-28)30-14-7-13(25)8-15(9-14)36-20(26)27/h2-4,6-9,18,20H,1,5,10H2,(H,29,30)(H,31,34). The molecule has 1 unspecified atom stereocenters. The van der Waals surface area contributed by atoms with Crippen molar-refractivity contribution in [3.63, 3.8) is 0 Å². The highest BCUT2D eigenvalue weighted by Crippen LogP contribution is 2.26. The molecule has 0 aliphatic carbocycles. The zero-order chi connectivity index (χ0) is 26.2. The largest absolute Gasteiger partial charge is 0.445 e. The van der Waals surface area contributed by atoms with E-state index in [1.807, 2.05) is 0 Å². The normalized spacial score (nSPS) is 15.2. The molecule has 9 nitrogen and oxygen atoms in total. The minimum absolute atomic E-state index is 0.0349. The van der Waals surface area contributed by atoms with Crippen LogP contribution in [0.1, 0.15) is 5.56 Å². The summed E-state index contributed by atoms with van der Waals surface area (Å²) in [6.45, 7) is 0.228. The molecule has 1 atom stereocenters. The van der Waals surface area contributed by atoms with Gasteiger partial charge in [0.1, 0.15) is 18.2 Å². The van der Waals surface area contributed by atoms with Gasteiger partial charge in [0.25, 0.3) is 0 Å². The molecule has 14 heteroatoms. The van der Waals surface area contributed by atoms with E-state index in [1.54, 1.807) is 12.3 Å². The minimum atomic E-state index is -3.17. The van der Waals surface area contributed by atoms with E-state index >= 15 is 0 Å². The quantitative estimate of drug-likeness (QED) is 0.221. The predicted molar refractivity (Wildman–Crippen MR) is 128 cm³/mol. The number of benzene rings is 2. The van der Waals surface area contributed by atoms with Crippen LogP contribution in [0.25, 0.3) is 0 Å². The Labute approximate surface area is 213 Å². The Morgan fingerprint density at radius 1 is 1.33 bits per heavy atom. The first-order chi connectivity index (χ1) is 17.2. The van der Waals surface area contributed by atoms with Gasteiger partial charge in [0.05, 0.1) is 28.3 Å². The van der Waals surface area contributed by atoms with Gasteiger partial charge < -0.3 is 20.1 Å². The van der Waals surface area contributed by atoms with E-state index in [0.29, 0.717) is 16.3 Å². The fourth-order valence-corrected chi connectivity index (χ4v) is 3.41. The number of nitrogens with one attached hydrogen (secondary N) is 2. The van der Waals surface area contributed by atoms with Crippen LogP contribution in [0.5, 0.6) is 5.75 Å². The van der Waals surface area contributed by atoms with E-state index in [4.69, 9.17) is 27.9 Å². The van der Waals surface area contributed by atoms with E-state index in [0.717, 1.165) is 18.2 Å². The van der Waals surface area contributed by atoms with Gasteiger partial charge in [-0.3, -0.25) is 0 Å². The molecular weight excluding hydrogens is 524 g/mol. The molecule has 36 heavy (non-hydrogen) atoms. The number of hydrogen-bond donors (Lipinski definition) is 2. The Kier molecular flexibility index (Phi) is 8.99. The molecule has 0 bridgehead atoms. The summed E-state index contributed by atoms with van der Waals surface area (Å²) in [4.78, 5) is 15.9. The second kappa shape index (κ2) is 12.1. The number of halogens is 5. The second-order valence-corrected chi connectivity index (χ2v) is 7.81. The number of rotatable bonds is 7. The Morgan fingerprint density at radius 3 is 2.78 bits per heavy atom. The summed E-state index contributed by atoms with van der Waals surface area (Å²) in [5.74, 6) is -1.51. The number of hydrogen-bond acceptors (Lipinski definition) is 6. The summed E-state index contributed by atoms with van der Waals surface area (Å²) in [5, 5.41) is 20.6. The lowest BCUT2D eigenvalue weighted by Gasteiger charge is -2.19. The summed E-state index contributed by atoms with van der Waals surface area (Å²) in [6.07, 6.45) is 2.22. The lowest BCUT2D eigenvalue weighted by molar-refractivity contribution is -0.0499. The number of carbonyl (C=O) groups is 1. The molecule has 0 saturated heterocycles. The van der Waals surface area contributed by atoms with E-state index in [9.17, 15) is 23.2 Å². The van der Waals surface area contributed by atoms with Gasteiger partial charge in [0.2, 0.25) is 12.2 Å². The average molecular weight is 541 g/mol. The molecule has 2 aromatic carbocycles. The Hall–Kier alpha value is -3.95. The van der Waals surface area contributed by atoms with Crippen LogP contribution in [0.3, 0.4) is 0 Å². The van der Waals surface area contributed by atoms with Crippen LogP contribution in [0.2, 0.25) is 10.0 Å². The van der Waals surface area contributed by atoms with Crippen molar-refractivity contribution in [2.24, 2.45) is 10.1 Å². The number of nitrogens with zero attached hydrogens (tertiary/aromatic N) is 4. The van der Waals surface area contributed by atoms with Crippen LogP contribution in [-0.4, -0.2) is 48.6 Å². The molecule has 188 valence electrons. The summed E-state index contributed by atoms with van der Waals surface area (Å²) >= 11 is 12.1. The van der Waals surface area contributed by atoms with E-state index < -0.39 is 30.3 Å². The van der Waals surface area contributed by atoms with Gasteiger partial charge >= 0.3 is 12.7 Å². The number of hydrazone groups is 1. The lowest BCUT2D eigenvalue weighted by Crippen LogP contribution is -2.44. The molecule has 0 spiro atoms. The first-order valence-electron chi connectivity index (χ1n) is 10.0. The van der Waals surface area contributed by atoms with E-state index in [-0.39, 0.29) is 29.8 Å². The van der Waals surface area contributed by atoms with Gasteiger partial charge in [-0.25, -0.2) is 14.2 Å². The summed E-state index contributed by atoms with van der Waals surface area (Å²) in [6, 6.07) is 6.76. The topological polar surface area (TPSA) is 111 Å². The predicted octanol–water partition coefficient (Wildman–Crippen LogP) is 4.98. The van der Waals surface area contributed by atoms with E-state index in [1.165, 1.54) is 23.2 Å². The number of guanidine groups is 1. The zero-order valence-electron chi connectivity index (χ0n) is 18.2. The second-order valence-electron chi connectivity index (χ2n) is 6.99. The summed E-state index contributed by atoms with van der Waals surface area (Å²) in [7, 11) is 0. The maximum Gasteiger partial charge on any atom is 0.408 e. The molecule has 1 amide bonds. The van der Waals surface area contributed by atoms with Gasteiger partial charge in [-0.15, -0.1) is 4.99 Å². The third-order valence-corrected chi connectivity index (χ3v) is 5.25. The fraction of sp³-hybridized carbons (Fsp3) is 0.182. The van der Waals surface area contributed by atoms with Gasteiger partial charge in [-0.1, -0.05) is 41.9 Å². The molecular formula is C22H17Cl2F3N6O3. The van der Waals surface area contributed by atoms with Gasteiger partial charge in [0, 0.05) is 23.4 Å². The average Bonchev–Trinajstić information content (AvgIpc) is 3.22. The van der Waals surface area contributed by atoms with Crippen LogP contribution in [0.15, 0.2) is 59.1 Å². The molecule has 0 saturated carbocycles. The maximum absolute atomic E-state index is 14.0. The maximum atomic E-state index is 14.0. The Morgan fingerprint density at radius 2 is 2.11 bits per heavy atom. The number of alkyl halides is 2. The number of carbonyl (C=O) groups excluding carboxylic acids is 1. The third-order valence-electron chi connectivity index (χ3n) is 4.51. The molecule has 3 rings (SSSR count). The number of nitriles is 1. The number of anilines is 1. The SMILES string of the molecule is C=CCOC(=O)NC1CN(/C(=N\C#N)Nc2cc(F)cc(OC(F)F)c2)N=C1c1ccc(Cl)c(Cl)c1. The molecule has 1 aliphatic heterocycles. The summed E-state index contributed by atoms with van der Waals surface area (Å²) in [5.41, 5.74) is 0.765. The van der Waals surface area contributed by atoms with Gasteiger partial charge in [-0.2, -0.15) is 19.1 Å². The van der Waals surface area contributed by atoms with Crippen LogP contribution < -0.4 is 15.4 Å².